The molecule has 29 heavy (non-hydrogen) atoms. The van der Waals surface area contributed by atoms with Crippen molar-refractivity contribution in [2.75, 3.05) is 20.8 Å². The number of nitrogens with one attached hydrogen (secondary N) is 1. The van der Waals surface area contributed by atoms with Crippen LogP contribution in [-0.2, 0) is 22.6 Å². The van der Waals surface area contributed by atoms with Gasteiger partial charge in [0.15, 0.2) is 11.5 Å². The van der Waals surface area contributed by atoms with E-state index in [0.29, 0.717) is 30.9 Å². The highest BCUT2D eigenvalue weighted by atomic mass is 16.6. The van der Waals surface area contributed by atoms with Gasteiger partial charge >= 0.3 is 0 Å². The minimum absolute atomic E-state index is 0.0159. The molecule has 0 bridgehead atoms. The van der Waals surface area contributed by atoms with Crippen molar-refractivity contribution in [1.29, 1.82) is 0 Å². The Labute approximate surface area is 171 Å². The number of amides is 1. The van der Waals surface area contributed by atoms with Crippen molar-refractivity contribution in [3.05, 3.63) is 59.2 Å². The van der Waals surface area contributed by atoms with Crippen LogP contribution in [-0.4, -0.2) is 32.4 Å². The number of carbonyl (C=O) groups excluding carboxylic acids is 1. The lowest BCUT2D eigenvalue weighted by molar-refractivity contribution is -0.121. The maximum atomic E-state index is 12.2. The third-order valence-corrected chi connectivity index (χ3v) is 4.27. The molecule has 2 rings (SSSR count). The molecule has 2 aromatic rings. The van der Waals surface area contributed by atoms with Crippen molar-refractivity contribution in [2.24, 2.45) is 5.16 Å². The number of hydrogen-bond acceptors (Lipinski definition) is 5. The van der Waals surface area contributed by atoms with Gasteiger partial charge in [0, 0.05) is 13.0 Å². The molecule has 1 amide bonds. The third-order valence-electron chi connectivity index (χ3n) is 4.27. The number of hydrogen-bond donors (Lipinski definition) is 1. The zero-order valence-corrected chi connectivity index (χ0v) is 17.0. The highest BCUT2D eigenvalue weighted by molar-refractivity contribution is 5.98. The van der Waals surface area contributed by atoms with Crippen molar-refractivity contribution in [3.63, 3.8) is 0 Å². The van der Waals surface area contributed by atoms with Crippen LogP contribution in [0.3, 0.4) is 0 Å². The monoisotopic (exact) mass is 394 g/mol. The van der Waals surface area contributed by atoms with E-state index in [0.717, 1.165) is 22.4 Å². The molecule has 0 saturated carbocycles. The largest absolute Gasteiger partial charge is 0.493 e. The fourth-order valence-electron chi connectivity index (χ4n) is 2.71. The molecule has 0 unspecified atom stereocenters. The van der Waals surface area contributed by atoms with Gasteiger partial charge in [-0.3, -0.25) is 4.79 Å². The molecule has 0 aliphatic carbocycles. The molecule has 0 aromatic heterocycles. The summed E-state index contributed by atoms with van der Waals surface area (Å²) in [5, 5.41) is 6.84. The summed E-state index contributed by atoms with van der Waals surface area (Å²) in [5.74, 6) is 3.60. The second-order valence-corrected chi connectivity index (χ2v) is 6.31. The second kappa shape index (κ2) is 11.4. The SMILES string of the molecule is C#CCOc1ccc(CCC(=O)NCc2ccc(/C(C)=N/OC)cc2)cc1OC. The fourth-order valence-corrected chi connectivity index (χ4v) is 2.71. The Kier molecular flexibility index (Phi) is 8.58. The number of rotatable bonds is 10. The van der Waals surface area contributed by atoms with Gasteiger partial charge in [0.2, 0.25) is 5.91 Å². The number of carbonyl (C=O) groups is 1. The third kappa shape index (κ3) is 6.89. The summed E-state index contributed by atoms with van der Waals surface area (Å²) in [6.45, 7) is 2.53. The van der Waals surface area contributed by atoms with E-state index < -0.39 is 0 Å². The molecule has 0 radical (unpaired) electrons. The molecule has 0 aliphatic rings. The Bertz CT molecular complexity index is 883. The second-order valence-electron chi connectivity index (χ2n) is 6.31. The molecular weight excluding hydrogens is 368 g/mol. The number of benzene rings is 2. The van der Waals surface area contributed by atoms with Gasteiger partial charge in [-0.15, -0.1) is 6.42 Å². The first-order valence-corrected chi connectivity index (χ1v) is 9.24. The van der Waals surface area contributed by atoms with Crippen molar-refractivity contribution in [2.45, 2.75) is 26.3 Å². The number of methoxy groups -OCH3 is 1. The van der Waals surface area contributed by atoms with Gasteiger partial charge in [-0.1, -0.05) is 41.4 Å². The molecule has 0 spiro atoms. The van der Waals surface area contributed by atoms with Crippen LogP contribution in [0.1, 0.15) is 30.0 Å². The smallest absolute Gasteiger partial charge is 0.220 e. The lowest BCUT2D eigenvalue weighted by Crippen LogP contribution is -2.23. The Morgan fingerprint density at radius 3 is 2.48 bits per heavy atom. The van der Waals surface area contributed by atoms with E-state index in [1.54, 1.807) is 13.2 Å². The molecule has 0 saturated heterocycles. The maximum Gasteiger partial charge on any atom is 0.220 e. The first kappa shape index (κ1) is 21.8. The number of terminal acetylenes is 1. The van der Waals surface area contributed by atoms with Crippen LogP contribution in [0.2, 0.25) is 0 Å². The Balaban J connectivity index is 1.84. The van der Waals surface area contributed by atoms with E-state index in [-0.39, 0.29) is 12.5 Å². The highest BCUT2D eigenvalue weighted by Crippen LogP contribution is 2.28. The molecule has 2 aromatic carbocycles. The van der Waals surface area contributed by atoms with Crippen LogP contribution in [0.5, 0.6) is 11.5 Å². The summed E-state index contributed by atoms with van der Waals surface area (Å²) in [4.78, 5) is 17.0. The van der Waals surface area contributed by atoms with Gasteiger partial charge < -0.3 is 19.6 Å². The predicted octanol–water partition coefficient (Wildman–Crippen LogP) is 3.33. The van der Waals surface area contributed by atoms with E-state index in [1.807, 2.05) is 43.3 Å². The Morgan fingerprint density at radius 2 is 1.83 bits per heavy atom. The zero-order valence-electron chi connectivity index (χ0n) is 17.0. The molecule has 6 nitrogen and oxygen atoms in total. The van der Waals surface area contributed by atoms with Gasteiger partial charge in [0.05, 0.1) is 12.8 Å². The lowest BCUT2D eigenvalue weighted by Gasteiger charge is -2.11. The molecule has 6 heteroatoms. The molecule has 152 valence electrons. The van der Waals surface area contributed by atoms with E-state index >= 15 is 0 Å². The average molecular weight is 394 g/mol. The zero-order chi connectivity index (χ0) is 21.1. The fraction of sp³-hybridized carbons (Fsp3) is 0.304. The topological polar surface area (TPSA) is 69.2 Å². The highest BCUT2D eigenvalue weighted by Gasteiger charge is 2.08. The summed E-state index contributed by atoms with van der Waals surface area (Å²) in [7, 11) is 3.09. The predicted molar refractivity (Wildman–Crippen MR) is 113 cm³/mol. The number of oxime groups is 1. The molecular formula is C23H26N2O4. The van der Waals surface area contributed by atoms with Crippen molar-refractivity contribution in [1.82, 2.24) is 5.32 Å². The van der Waals surface area contributed by atoms with Crippen LogP contribution in [0.25, 0.3) is 0 Å². The van der Waals surface area contributed by atoms with E-state index in [2.05, 4.69) is 16.4 Å². The summed E-state index contributed by atoms with van der Waals surface area (Å²) < 4.78 is 10.8. The van der Waals surface area contributed by atoms with Crippen LogP contribution in [0.15, 0.2) is 47.6 Å². The van der Waals surface area contributed by atoms with Crippen LogP contribution in [0, 0.1) is 12.3 Å². The normalized spacial score (nSPS) is 10.8. The minimum Gasteiger partial charge on any atom is -0.493 e. The molecule has 0 fully saturated rings. The number of nitrogens with zero attached hydrogens (tertiary/aromatic N) is 1. The van der Waals surface area contributed by atoms with Crippen LogP contribution in [0.4, 0.5) is 0 Å². The van der Waals surface area contributed by atoms with Gasteiger partial charge in [0.25, 0.3) is 0 Å². The van der Waals surface area contributed by atoms with Crippen LogP contribution < -0.4 is 14.8 Å². The van der Waals surface area contributed by atoms with Crippen molar-refractivity contribution < 1.29 is 19.1 Å². The molecule has 0 atom stereocenters. The van der Waals surface area contributed by atoms with Crippen LogP contribution >= 0.6 is 0 Å². The summed E-state index contributed by atoms with van der Waals surface area (Å²) in [6.07, 6.45) is 6.19. The molecule has 0 heterocycles. The number of aryl methyl sites for hydroxylation is 1. The first-order chi connectivity index (χ1) is 14.1. The van der Waals surface area contributed by atoms with E-state index in [9.17, 15) is 4.79 Å². The summed E-state index contributed by atoms with van der Waals surface area (Å²) in [5.41, 5.74) is 3.78. The van der Waals surface area contributed by atoms with Crippen molar-refractivity contribution in [3.8, 4) is 23.8 Å². The van der Waals surface area contributed by atoms with Gasteiger partial charge in [0.1, 0.15) is 13.7 Å². The quantitative estimate of drug-likeness (QED) is 0.381. The summed E-state index contributed by atoms with van der Waals surface area (Å²) >= 11 is 0. The van der Waals surface area contributed by atoms with Gasteiger partial charge in [-0.2, -0.15) is 0 Å². The average Bonchev–Trinajstić information content (AvgIpc) is 2.75. The standard InChI is InChI=1S/C23H26N2O4/c1-5-14-29-21-12-8-18(15-22(21)27-3)9-13-23(26)24-16-19-6-10-20(11-7-19)17(2)25-28-4/h1,6-8,10-12,15H,9,13-14,16H2,2-4H3,(H,24,26)/b25-17+. The Morgan fingerprint density at radius 1 is 1.10 bits per heavy atom. The van der Waals surface area contributed by atoms with E-state index in [1.165, 1.54) is 7.11 Å². The first-order valence-electron chi connectivity index (χ1n) is 9.24. The summed E-state index contributed by atoms with van der Waals surface area (Å²) in [6, 6.07) is 13.4. The number of ether oxygens (including phenoxy) is 2. The van der Waals surface area contributed by atoms with Gasteiger partial charge in [-0.25, -0.2) is 0 Å². The molecule has 0 aliphatic heterocycles. The lowest BCUT2D eigenvalue weighted by atomic mass is 10.1. The van der Waals surface area contributed by atoms with E-state index in [4.69, 9.17) is 20.7 Å². The van der Waals surface area contributed by atoms with Crippen molar-refractivity contribution >= 4 is 11.6 Å². The maximum absolute atomic E-state index is 12.2. The Hall–Kier alpha value is -3.46. The van der Waals surface area contributed by atoms with Gasteiger partial charge in [-0.05, 0) is 42.2 Å². The minimum atomic E-state index is -0.0159. The molecule has 1 N–H and O–H groups in total.